The average Bonchev–Trinajstić information content (AvgIpc) is 2.55. The number of hydrogen-bond acceptors (Lipinski definition) is 5. The minimum Gasteiger partial charge on any atom is -0.331 e. The van der Waals surface area contributed by atoms with Crippen LogP contribution in [0.1, 0.15) is 18.5 Å². The molecular formula is C15H14N4O5. The van der Waals surface area contributed by atoms with Crippen molar-refractivity contribution in [2.24, 2.45) is 0 Å². The van der Waals surface area contributed by atoms with E-state index in [0.29, 0.717) is 0 Å². The van der Waals surface area contributed by atoms with Crippen molar-refractivity contribution in [3.63, 3.8) is 0 Å². The summed E-state index contributed by atoms with van der Waals surface area (Å²) in [5, 5.41) is 26.7. The van der Waals surface area contributed by atoms with Crippen LogP contribution < -0.4 is 10.6 Å². The molecule has 0 aliphatic rings. The van der Waals surface area contributed by atoms with E-state index in [1.54, 1.807) is 6.92 Å². The first-order chi connectivity index (χ1) is 11.4. The first-order valence-corrected chi connectivity index (χ1v) is 6.93. The van der Waals surface area contributed by atoms with E-state index >= 15 is 0 Å². The van der Waals surface area contributed by atoms with Crippen LogP contribution in [-0.2, 0) is 0 Å². The highest BCUT2D eigenvalue weighted by atomic mass is 16.6. The Kier molecular flexibility index (Phi) is 5.05. The maximum absolute atomic E-state index is 12.0. The van der Waals surface area contributed by atoms with E-state index in [1.807, 2.05) is 30.3 Å². The molecule has 2 aromatic carbocycles. The summed E-state index contributed by atoms with van der Waals surface area (Å²) in [4.78, 5) is 32.1. The summed E-state index contributed by atoms with van der Waals surface area (Å²) in [5.41, 5.74) is -0.113. The van der Waals surface area contributed by atoms with Gasteiger partial charge in [0.25, 0.3) is 11.4 Å². The summed E-state index contributed by atoms with van der Waals surface area (Å²) < 4.78 is 0. The van der Waals surface area contributed by atoms with Crippen molar-refractivity contribution in [3.05, 3.63) is 74.3 Å². The van der Waals surface area contributed by atoms with Gasteiger partial charge in [-0.1, -0.05) is 30.3 Å². The molecule has 0 saturated carbocycles. The Morgan fingerprint density at radius 3 is 2.04 bits per heavy atom. The molecule has 0 spiro atoms. The molecule has 0 aromatic heterocycles. The summed E-state index contributed by atoms with van der Waals surface area (Å²) in [6, 6.07) is 11.2. The van der Waals surface area contributed by atoms with Crippen molar-refractivity contribution >= 4 is 23.1 Å². The van der Waals surface area contributed by atoms with E-state index in [4.69, 9.17) is 0 Å². The fourth-order valence-electron chi connectivity index (χ4n) is 2.07. The highest BCUT2D eigenvalue weighted by molar-refractivity contribution is 5.90. The Morgan fingerprint density at radius 1 is 1.00 bits per heavy atom. The van der Waals surface area contributed by atoms with Gasteiger partial charge in [-0.05, 0) is 12.5 Å². The Hall–Kier alpha value is -3.49. The lowest BCUT2D eigenvalue weighted by Gasteiger charge is -2.15. The van der Waals surface area contributed by atoms with Gasteiger partial charge in [-0.3, -0.25) is 20.2 Å². The number of amides is 2. The Labute approximate surface area is 136 Å². The molecule has 2 N–H and O–H groups in total. The van der Waals surface area contributed by atoms with Gasteiger partial charge in [-0.25, -0.2) is 4.79 Å². The molecule has 0 heterocycles. The highest BCUT2D eigenvalue weighted by Crippen LogP contribution is 2.25. The van der Waals surface area contributed by atoms with E-state index < -0.39 is 27.3 Å². The van der Waals surface area contributed by atoms with Crippen LogP contribution in [-0.4, -0.2) is 15.9 Å². The molecule has 2 aromatic rings. The van der Waals surface area contributed by atoms with E-state index in [1.165, 1.54) is 0 Å². The standard InChI is InChI=1S/C15H14N4O5/c1-10(11-5-3-2-4-6-11)16-15(20)17-12-7-13(18(21)22)9-14(8-12)19(23)24/h2-10H,1H3,(H2,16,17,20)/t10-/m0/s1. The van der Waals surface area contributed by atoms with Gasteiger partial charge in [0, 0.05) is 12.1 Å². The van der Waals surface area contributed by atoms with Gasteiger partial charge in [0.05, 0.1) is 27.6 Å². The number of nitro benzene ring substituents is 2. The average molecular weight is 330 g/mol. The van der Waals surface area contributed by atoms with Crippen LogP contribution in [0.25, 0.3) is 0 Å². The number of urea groups is 1. The smallest absolute Gasteiger partial charge is 0.319 e. The summed E-state index contributed by atoms with van der Waals surface area (Å²) in [5.74, 6) is 0. The molecule has 2 rings (SSSR count). The van der Waals surface area contributed by atoms with Crippen LogP contribution in [0.2, 0.25) is 0 Å². The van der Waals surface area contributed by atoms with Crippen molar-refractivity contribution in [3.8, 4) is 0 Å². The normalized spacial score (nSPS) is 11.4. The molecule has 0 unspecified atom stereocenters. The number of anilines is 1. The van der Waals surface area contributed by atoms with Gasteiger partial charge < -0.3 is 10.6 Å². The first-order valence-electron chi connectivity index (χ1n) is 6.93. The first kappa shape index (κ1) is 16.9. The van der Waals surface area contributed by atoms with E-state index in [-0.39, 0.29) is 11.7 Å². The summed E-state index contributed by atoms with van der Waals surface area (Å²) in [6.07, 6.45) is 0. The summed E-state index contributed by atoms with van der Waals surface area (Å²) in [6.45, 7) is 1.77. The zero-order valence-corrected chi connectivity index (χ0v) is 12.6. The van der Waals surface area contributed by atoms with Gasteiger partial charge in [0.1, 0.15) is 0 Å². The SMILES string of the molecule is C[C@H](NC(=O)Nc1cc([N+](=O)[O-])cc([N+](=O)[O-])c1)c1ccccc1. The Balaban J connectivity index is 2.13. The van der Waals surface area contributed by atoms with Gasteiger partial charge in [-0.2, -0.15) is 0 Å². The van der Waals surface area contributed by atoms with Gasteiger partial charge in [-0.15, -0.1) is 0 Å². The van der Waals surface area contributed by atoms with Crippen LogP contribution in [0.15, 0.2) is 48.5 Å². The third kappa shape index (κ3) is 4.26. The van der Waals surface area contributed by atoms with E-state index in [9.17, 15) is 25.0 Å². The molecule has 1 atom stereocenters. The fraction of sp³-hybridized carbons (Fsp3) is 0.133. The van der Waals surface area contributed by atoms with Crippen molar-refractivity contribution in [2.45, 2.75) is 13.0 Å². The number of nitrogens with one attached hydrogen (secondary N) is 2. The Morgan fingerprint density at radius 2 is 1.54 bits per heavy atom. The topological polar surface area (TPSA) is 127 Å². The quantitative estimate of drug-likeness (QED) is 0.641. The molecule has 0 saturated heterocycles. The lowest BCUT2D eigenvalue weighted by atomic mass is 10.1. The third-order valence-electron chi connectivity index (χ3n) is 3.23. The molecule has 9 heteroatoms. The molecule has 0 aliphatic carbocycles. The number of nitrogens with zero attached hydrogens (tertiary/aromatic N) is 2. The molecule has 124 valence electrons. The van der Waals surface area contributed by atoms with Crippen molar-refractivity contribution < 1.29 is 14.6 Å². The number of carbonyl (C=O) groups is 1. The second-order valence-corrected chi connectivity index (χ2v) is 4.98. The molecule has 0 fully saturated rings. The number of hydrogen-bond donors (Lipinski definition) is 2. The van der Waals surface area contributed by atoms with Gasteiger partial charge in [0.15, 0.2) is 0 Å². The number of nitro groups is 2. The van der Waals surface area contributed by atoms with Crippen LogP contribution in [0.3, 0.4) is 0 Å². The predicted octanol–water partition coefficient (Wildman–Crippen LogP) is 3.39. The van der Waals surface area contributed by atoms with Crippen molar-refractivity contribution in [1.82, 2.24) is 5.32 Å². The minimum atomic E-state index is -0.761. The zero-order chi connectivity index (χ0) is 17.7. The van der Waals surface area contributed by atoms with Crippen LogP contribution in [0.5, 0.6) is 0 Å². The maximum Gasteiger partial charge on any atom is 0.319 e. The van der Waals surface area contributed by atoms with Crippen LogP contribution in [0.4, 0.5) is 21.9 Å². The largest absolute Gasteiger partial charge is 0.331 e. The second kappa shape index (κ2) is 7.18. The van der Waals surface area contributed by atoms with Crippen LogP contribution >= 0.6 is 0 Å². The van der Waals surface area contributed by atoms with Gasteiger partial charge >= 0.3 is 6.03 Å². The molecule has 0 radical (unpaired) electrons. The summed E-state index contributed by atoms with van der Waals surface area (Å²) >= 11 is 0. The predicted molar refractivity (Wildman–Crippen MR) is 86.8 cm³/mol. The molecule has 0 bridgehead atoms. The van der Waals surface area contributed by atoms with Crippen molar-refractivity contribution in [1.29, 1.82) is 0 Å². The molecule has 0 aliphatic heterocycles. The molecular weight excluding hydrogens is 316 g/mol. The lowest BCUT2D eigenvalue weighted by molar-refractivity contribution is -0.394. The Bertz CT molecular complexity index is 746. The monoisotopic (exact) mass is 330 g/mol. The maximum atomic E-state index is 12.0. The molecule has 2 amide bonds. The lowest BCUT2D eigenvalue weighted by Crippen LogP contribution is -2.31. The minimum absolute atomic E-state index is 0.0336. The number of benzene rings is 2. The zero-order valence-electron chi connectivity index (χ0n) is 12.6. The number of rotatable bonds is 5. The van der Waals surface area contributed by atoms with E-state index in [0.717, 1.165) is 23.8 Å². The number of non-ortho nitro benzene ring substituents is 2. The van der Waals surface area contributed by atoms with Crippen LogP contribution in [0, 0.1) is 20.2 Å². The molecule has 9 nitrogen and oxygen atoms in total. The second-order valence-electron chi connectivity index (χ2n) is 4.98. The van der Waals surface area contributed by atoms with Crippen molar-refractivity contribution in [2.75, 3.05) is 5.32 Å². The summed E-state index contributed by atoms with van der Waals surface area (Å²) in [7, 11) is 0. The van der Waals surface area contributed by atoms with E-state index in [2.05, 4.69) is 10.6 Å². The molecule has 24 heavy (non-hydrogen) atoms. The third-order valence-corrected chi connectivity index (χ3v) is 3.23. The highest BCUT2D eigenvalue weighted by Gasteiger charge is 2.18. The fourth-order valence-corrected chi connectivity index (χ4v) is 2.07. The number of carbonyl (C=O) groups excluding carboxylic acids is 1. The van der Waals surface area contributed by atoms with Gasteiger partial charge in [0.2, 0.25) is 0 Å².